The van der Waals surface area contributed by atoms with Crippen LogP contribution in [-0.4, -0.2) is 5.78 Å². The summed E-state index contributed by atoms with van der Waals surface area (Å²) in [4.78, 5) is 12.9. The van der Waals surface area contributed by atoms with Crippen molar-refractivity contribution < 1.29 is 4.79 Å². The molecule has 1 heteroatoms. The van der Waals surface area contributed by atoms with Crippen LogP contribution >= 0.6 is 0 Å². The van der Waals surface area contributed by atoms with Crippen LogP contribution in [0.15, 0.2) is 11.6 Å². The number of carbonyl (C=O) groups is 1. The molecule has 0 aromatic rings. The van der Waals surface area contributed by atoms with E-state index < -0.39 is 0 Å². The second-order valence-electron chi connectivity index (χ2n) is 8.39. The zero-order valence-electron chi connectivity index (χ0n) is 14.4. The predicted molar refractivity (Wildman–Crippen MR) is 88.1 cm³/mol. The zero-order valence-corrected chi connectivity index (χ0v) is 14.4. The molecule has 0 N–H and O–H groups in total. The molecule has 0 saturated heterocycles. The van der Waals surface area contributed by atoms with Crippen molar-refractivity contribution >= 4 is 5.78 Å². The number of hydrogen-bond donors (Lipinski definition) is 0. The summed E-state index contributed by atoms with van der Waals surface area (Å²) in [5.74, 6) is 1.99. The molecule has 118 valence electrons. The summed E-state index contributed by atoms with van der Waals surface area (Å²) < 4.78 is 0. The van der Waals surface area contributed by atoms with Gasteiger partial charge in [0.05, 0.1) is 0 Å². The number of carbonyl (C=O) groups excluding carboxylic acids is 1. The Kier molecular flexibility index (Phi) is 3.83. The Bertz CT molecular complexity index is 462. The molecule has 0 aromatic carbocycles. The maximum atomic E-state index is 12.9. The molecule has 0 heterocycles. The van der Waals surface area contributed by atoms with Gasteiger partial charge in [-0.05, 0) is 60.8 Å². The van der Waals surface area contributed by atoms with Crippen LogP contribution in [0.3, 0.4) is 0 Å². The smallest absolute Gasteiger partial charge is 0.159 e. The molecule has 3 aliphatic rings. The van der Waals surface area contributed by atoms with Gasteiger partial charge in [-0.25, -0.2) is 0 Å². The maximum absolute atomic E-state index is 12.9. The van der Waals surface area contributed by atoms with Gasteiger partial charge in [-0.1, -0.05) is 52.5 Å². The molecule has 2 saturated carbocycles. The quantitative estimate of drug-likeness (QED) is 0.651. The van der Waals surface area contributed by atoms with Gasteiger partial charge < -0.3 is 0 Å². The maximum Gasteiger partial charge on any atom is 0.159 e. The van der Waals surface area contributed by atoms with E-state index in [1.54, 1.807) is 0 Å². The number of hydrogen-bond acceptors (Lipinski definition) is 1. The first-order valence-electron chi connectivity index (χ1n) is 9.21. The lowest BCUT2D eigenvalue weighted by atomic mass is 9.46. The van der Waals surface area contributed by atoms with Crippen LogP contribution in [0.5, 0.6) is 0 Å². The molecule has 21 heavy (non-hydrogen) atoms. The number of rotatable bonds is 2. The van der Waals surface area contributed by atoms with Gasteiger partial charge in [-0.3, -0.25) is 4.79 Å². The topological polar surface area (TPSA) is 17.1 Å². The number of fused-ring (bicyclic) bond motifs is 3. The first-order valence-corrected chi connectivity index (χ1v) is 9.21. The van der Waals surface area contributed by atoms with Crippen molar-refractivity contribution in [1.82, 2.24) is 0 Å². The molecular formula is C20H32O. The van der Waals surface area contributed by atoms with Crippen LogP contribution in [0.25, 0.3) is 0 Å². The summed E-state index contributed by atoms with van der Waals surface area (Å²) in [5.41, 5.74) is 2.20. The van der Waals surface area contributed by atoms with E-state index in [4.69, 9.17) is 0 Å². The molecule has 0 radical (unpaired) electrons. The summed E-state index contributed by atoms with van der Waals surface area (Å²) >= 11 is 0. The first kappa shape index (κ1) is 15.3. The van der Waals surface area contributed by atoms with Crippen LogP contribution < -0.4 is 0 Å². The van der Waals surface area contributed by atoms with Gasteiger partial charge in [0.2, 0.25) is 0 Å². The highest BCUT2D eigenvalue weighted by Crippen LogP contribution is 2.61. The molecule has 3 rings (SSSR count). The predicted octanol–water partition coefficient (Wildman–Crippen LogP) is 5.54. The normalized spacial score (nSPS) is 46.6. The molecule has 0 amide bonds. The SMILES string of the molecule is CCC1C2C(=O)C=C3CCCCC3(C)C2CCC1(C)CC. The van der Waals surface area contributed by atoms with E-state index in [-0.39, 0.29) is 0 Å². The van der Waals surface area contributed by atoms with Crippen molar-refractivity contribution in [3.63, 3.8) is 0 Å². The average molecular weight is 288 g/mol. The fraction of sp³-hybridized carbons (Fsp3) is 0.850. The van der Waals surface area contributed by atoms with Crippen molar-refractivity contribution in [2.45, 2.75) is 79.1 Å². The van der Waals surface area contributed by atoms with E-state index in [0.717, 1.165) is 6.42 Å². The highest BCUT2D eigenvalue weighted by atomic mass is 16.1. The van der Waals surface area contributed by atoms with Gasteiger partial charge in [0.25, 0.3) is 0 Å². The van der Waals surface area contributed by atoms with Crippen LogP contribution in [-0.2, 0) is 4.79 Å². The third-order valence-corrected chi connectivity index (χ3v) is 7.63. The van der Waals surface area contributed by atoms with Crippen LogP contribution in [0.2, 0.25) is 0 Å². The molecule has 0 aliphatic heterocycles. The molecular weight excluding hydrogens is 256 g/mol. The largest absolute Gasteiger partial charge is 0.295 e. The Morgan fingerprint density at radius 2 is 1.95 bits per heavy atom. The van der Waals surface area contributed by atoms with E-state index in [0.29, 0.717) is 34.4 Å². The van der Waals surface area contributed by atoms with E-state index in [9.17, 15) is 4.79 Å². The van der Waals surface area contributed by atoms with Crippen molar-refractivity contribution in [3.8, 4) is 0 Å². The van der Waals surface area contributed by atoms with Gasteiger partial charge in [0, 0.05) is 5.92 Å². The Morgan fingerprint density at radius 1 is 1.19 bits per heavy atom. The van der Waals surface area contributed by atoms with Gasteiger partial charge in [-0.15, -0.1) is 0 Å². The second-order valence-corrected chi connectivity index (χ2v) is 8.39. The fourth-order valence-corrected chi connectivity index (χ4v) is 6.04. The second kappa shape index (κ2) is 5.25. The number of ketones is 1. The Labute approximate surface area is 130 Å². The standard InChI is InChI=1S/C20H32O/c1-5-15-18-16(10-12-19(15,3)6-2)20(4)11-8-7-9-14(20)13-17(18)21/h13,15-16,18H,5-12H2,1-4H3. The molecule has 1 nitrogen and oxygen atoms in total. The van der Waals surface area contributed by atoms with E-state index >= 15 is 0 Å². The van der Waals surface area contributed by atoms with Crippen molar-refractivity contribution in [2.75, 3.05) is 0 Å². The Hall–Kier alpha value is -0.590. The third kappa shape index (κ3) is 2.14. The van der Waals surface area contributed by atoms with E-state index in [1.807, 2.05) is 0 Å². The molecule has 5 unspecified atom stereocenters. The molecule has 5 atom stereocenters. The molecule has 3 aliphatic carbocycles. The van der Waals surface area contributed by atoms with Gasteiger partial charge in [0.1, 0.15) is 0 Å². The summed E-state index contributed by atoms with van der Waals surface area (Å²) in [6.45, 7) is 9.53. The summed E-state index contributed by atoms with van der Waals surface area (Å²) in [6.07, 6.45) is 12.2. The van der Waals surface area contributed by atoms with Crippen molar-refractivity contribution in [2.24, 2.45) is 28.6 Å². The fourth-order valence-electron chi connectivity index (χ4n) is 6.04. The number of allylic oxidation sites excluding steroid dienone is 2. The van der Waals surface area contributed by atoms with Crippen LogP contribution in [0, 0.1) is 28.6 Å². The lowest BCUT2D eigenvalue weighted by molar-refractivity contribution is -0.134. The van der Waals surface area contributed by atoms with Gasteiger partial charge in [0.15, 0.2) is 5.78 Å². The minimum Gasteiger partial charge on any atom is -0.295 e. The van der Waals surface area contributed by atoms with E-state index in [1.165, 1.54) is 50.5 Å². The van der Waals surface area contributed by atoms with Crippen molar-refractivity contribution in [3.05, 3.63) is 11.6 Å². The average Bonchev–Trinajstić information content (AvgIpc) is 2.48. The van der Waals surface area contributed by atoms with E-state index in [2.05, 4.69) is 33.8 Å². The van der Waals surface area contributed by atoms with Crippen LogP contribution in [0.4, 0.5) is 0 Å². The summed E-state index contributed by atoms with van der Waals surface area (Å²) in [6, 6.07) is 0. The first-order chi connectivity index (χ1) is 9.96. The van der Waals surface area contributed by atoms with Crippen LogP contribution in [0.1, 0.15) is 79.1 Å². The van der Waals surface area contributed by atoms with Gasteiger partial charge in [-0.2, -0.15) is 0 Å². The monoisotopic (exact) mass is 288 g/mol. The zero-order chi connectivity index (χ0) is 15.3. The highest BCUT2D eigenvalue weighted by molar-refractivity contribution is 5.94. The molecule has 2 fully saturated rings. The third-order valence-electron chi connectivity index (χ3n) is 7.63. The highest BCUT2D eigenvalue weighted by Gasteiger charge is 2.55. The minimum atomic E-state index is 0.306. The Morgan fingerprint density at radius 3 is 2.62 bits per heavy atom. The molecule has 0 aromatic heterocycles. The summed E-state index contributed by atoms with van der Waals surface area (Å²) in [5, 5.41) is 0. The van der Waals surface area contributed by atoms with Gasteiger partial charge >= 0.3 is 0 Å². The lowest BCUT2D eigenvalue weighted by Crippen LogP contribution is -2.52. The van der Waals surface area contributed by atoms with Crippen molar-refractivity contribution in [1.29, 1.82) is 0 Å². The lowest BCUT2D eigenvalue weighted by Gasteiger charge is -2.57. The Balaban J connectivity index is 2.02. The molecule has 0 spiro atoms. The summed E-state index contributed by atoms with van der Waals surface area (Å²) in [7, 11) is 0. The minimum absolute atomic E-state index is 0.306. The molecule has 0 bridgehead atoms.